The number of hydrogen-bond acceptors (Lipinski definition) is 1. The second-order valence-electron chi connectivity index (χ2n) is 9.07. The molecule has 2 radical (unpaired) electrons. The predicted octanol–water partition coefficient (Wildman–Crippen LogP) is 6.71. The Morgan fingerprint density at radius 2 is 1.38 bits per heavy atom. The Hall–Kier alpha value is -4.15. The van der Waals surface area contributed by atoms with Crippen LogP contribution in [0, 0.1) is 11.6 Å². The van der Waals surface area contributed by atoms with Gasteiger partial charge in [-0.3, -0.25) is 4.79 Å². The number of carbonyl (C=O) groups is 1. The summed E-state index contributed by atoms with van der Waals surface area (Å²) in [6.07, 6.45) is -10.3. The van der Waals surface area contributed by atoms with Crippen molar-refractivity contribution >= 4 is 19.2 Å². The molecule has 2 nitrogen and oxygen atoms in total. The van der Waals surface area contributed by atoms with Gasteiger partial charge in [0.05, 0.1) is 16.7 Å². The average molecular weight is 559 g/mol. The molecule has 0 aromatic heterocycles. The molecule has 40 heavy (non-hydrogen) atoms. The standard InChI is InChI=1S/C29H18BF8NO/c30-22-8-4-7-19(13-22)27(16-17-5-2-1-3-6-17,20-12-21(28(33,34)35)15-23(31)14-20)39-26(40)18-9-10-25(32)24(11-18)29(36,37)38/h1-15H,16H2,(H,39,40). The first kappa shape index (κ1) is 28.9. The third kappa shape index (κ3) is 6.19. The van der Waals surface area contributed by atoms with E-state index < -0.39 is 52.1 Å². The molecule has 4 aromatic rings. The second-order valence-corrected chi connectivity index (χ2v) is 9.07. The number of halogens is 8. The number of alkyl halides is 6. The molecule has 0 heterocycles. The minimum Gasteiger partial charge on any atom is -0.338 e. The Bertz CT molecular complexity index is 1540. The molecule has 0 saturated carbocycles. The Kier molecular flexibility index (Phi) is 7.78. The van der Waals surface area contributed by atoms with E-state index in [-0.39, 0.29) is 29.1 Å². The van der Waals surface area contributed by atoms with Crippen LogP contribution in [0.2, 0.25) is 0 Å². The maximum atomic E-state index is 14.7. The van der Waals surface area contributed by atoms with E-state index in [1.54, 1.807) is 30.3 Å². The van der Waals surface area contributed by atoms with Crippen LogP contribution < -0.4 is 10.8 Å². The van der Waals surface area contributed by atoms with Crippen LogP contribution in [0.25, 0.3) is 0 Å². The van der Waals surface area contributed by atoms with Crippen molar-refractivity contribution in [2.75, 3.05) is 0 Å². The summed E-state index contributed by atoms with van der Waals surface area (Å²) < 4.78 is 110. The first-order chi connectivity index (χ1) is 18.7. The molecular formula is C29H18BF8NO. The molecule has 1 unspecified atom stereocenters. The van der Waals surface area contributed by atoms with E-state index >= 15 is 0 Å². The molecule has 0 aliphatic rings. The van der Waals surface area contributed by atoms with Crippen LogP contribution in [0.5, 0.6) is 0 Å². The lowest BCUT2D eigenvalue weighted by Gasteiger charge is -2.37. The summed E-state index contributed by atoms with van der Waals surface area (Å²) in [5.74, 6) is -4.06. The SMILES string of the molecule is [B]c1cccc(C(Cc2ccccc2)(NC(=O)c2ccc(F)c(C(F)(F)F)c2)c2cc(F)cc(C(F)(F)F)c2)c1. The minimum atomic E-state index is -5.13. The van der Waals surface area contributed by atoms with E-state index in [4.69, 9.17) is 7.85 Å². The predicted molar refractivity (Wildman–Crippen MR) is 133 cm³/mol. The van der Waals surface area contributed by atoms with E-state index in [2.05, 4.69) is 5.32 Å². The lowest BCUT2D eigenvalue weighted by atomic mass is 9.75. The molecule has 0 fully saturated rings. The van der Waals surface area contributed by atoms with Gasteiger partial charge in [0.15, 0.2) is 0 Å². The molecule has 204 valence electrons. The van der Waals surface area contributed by atoms with Gasteiger partial charge in [-0.15, -0.1) is 0 Å². The molecule has 0 aliphatic heterocycles. The summed E-state index contributed by atoms with van der Waals surface area (Å²) in [6.45, 7) is 0. The maximum Gasteiger partial charge on any atom is 0.419 e. The zero-order chi connectivity index (χ0) is 29.3. The second kappa shape index (κ2) is 10.8. The van der Waals surface area contributed by atoms with Crippen molar-refractivity contribution in [1.82, 2.24) is 5.32 Å². The first-order valence-corrected chi connectivity index (χ1v) is 11.7. The van der Waals surface area contributed by atoms with Crippen molar-refractivity contribution in [3.05, 3.63) is 136 Å². The number of benzene rings is 4. The topological polar surface area (TPSA) is 29.1 Å². The van der Waals surface area contributed by atoms with E-state index in [0.717, 1.165) is 12.1 Å². The lowest BCUT2D eigenvalue weighted by Crippen LogP contribution is -2.49. The van der Waals surface area contributed by atoms with E-state index in [0.29, 0.717) is 23.8 Å². The van der Waals surface area contributed by atoms with Gasteiger partial charge in [-0.05, 0) is 53.1 Å². The fraction of sp³-hybridized carbons (Fsp3) is 0.138. The first-order valence-electron chi connectivity index (χ1n) is 11.7. The highest BCUT2D eigenvalue weighted by Gasteiger charge is 2.41. The Labute approximate surface area is 225 Å². The van der Waals surface area contributed by atoms with Crippen LogP contribution in [0.4, 0.5) is 35.1 Å². The van der Waals surface area contributed by atoms with E-state index in [9.17, 15) is 39.9 Å². The summed E-state index contributed by atoms with van der Waals surface area (Å²) >= 11 is 0. The van der Waals surface area contributed by atoms with Gasteiger partial charge in [-0.25, -0.2) is 8.78 Å². The molecule has 0 saturated heterocycles. The highest BCUT2D eigenvalue weighted by Crippen LogP contribution is 2.39. The number of hydrogen-bond donors (Lipinski definition) is 1. The van der Waals surface area contributed by atoms with Crippen molar-refractivity contribution in [3.8, 4) is 0 Å². The van der Waals surface area contributed by atoms with Crippen LogP contribution in [-0.2, 0) is 24.3 Å². The van der Waals surface area contributed by atoms with Crippen molar-refractivity contribution < 1.29 is 39.9 Å². The van der Waals surface area contributed by atoms with Gasteiger partial charge in [0.1, 0.15) is 19.5 Å². The monoisotopic (exact) mass is 559 g/mol. The highest BCUT2D eigenvalue weighted by molar-refractivity contribution is 6.32. The molecular weight excluding hydrogens is 541 g/mol. The third-order valence-corrected chi connectivity index (χ3v) is 6.27. The van der Waals surface area contributed by atoms with Crippen molar-refractivity contribution in [2.24, 2.45) is 0 Å². The normalized spacial score (nSPS) is 13.5. The summed E-state index contributed by atoms with van der Waals surface area (Å²) in [7, 11) is 5.95. The van der Waals surface area contributed by atoms with Crippen LogP contribution in [0.15, 0.2) is 91.0 Å². The number of rotatable bonds is 6. The molecule has 0 bridgehead atoms. The maximum absolute atomic E-state index is 14.7. The zero-order valence-corrected chi connectivity index (χ0v) is 20.4. The lowest BCUT2D eigenvalue weighted by molar-refractivity contribution is -0.140. The van der Waals surface area contributed by atoms with Gasteiger partial charge >= 0.3 is 12.4 Å². The smallest absolute Gasteiger partial charge is 0.338 e. The molecule has 0 aliphatic carbocycles. The van der Waals surface area contributed by atoms with Crippen molar-refractivity contribution in [2.45, 2.75) is 24.3 Å². The fourth-order valence-electron chi connectivity index (χ4n) is 4.41. The van der Waals surface area contributed by atoms with Crippen molar-refractivity contribution in [3.63, 3.8) is 0 Å². The fourth-order valence-corrected chi connectivity index (χ4v) is 4.41. The largest absolute Gasteiger partial charge is 0.419 e. The van der Waals surface area contributed by atoms with Crippen LogP contribution in [-0.4, -0.2) is 13.8 Å². The molecule has 1 atom stereocenters. The molecule has 1 N–H and O–H groups in total. The summed E-state index contributed by atoms with van der Waals surface area (Å²) in [5.41, 5.74) is -5.23. The quantitative estimate of drug-likeness (QED) is 0.207. The zero-order valence-electron chi connectivity index (χ0n) is 20.4. The Balaban J connectivity index is 1.99. The number of amides is 1. The van der Waals surface area contributed by atoms with Gasteiger partial charge in [0.2, 0.25) is 0 Å². The average Bonchev–Trinajstić information content (AvgIpc) is 2.87. The van der Waals surface area contributed by atoms with Crippen LogP contribution in [0.3, 0.4) is 0 Å². The summed E-state index contributed by atoms with van der Waals surface area (Å²) in [5, 5.41) is 2.54. The van der Waals surface area contributed by atoms with Gasteiger partial charge in [0.25, 0.3) is 5.91 Å². The minimum absolute atomic E-state index is 0.126. The number of nitrogens with one attached hydrogen (secondary N) is 1. The van der Waals surface area contributed by atoms with E-state index in [1.165, 1.54) is 24.3 Å². The van der Waals surface area contributed by atoms with Crippen LogP contribution >= 0.6 is 0 Å². The molecule has 0 spiro atoms. The summed E-state index contributed by atoms with van der Waals surface area (Å²) in [6, 6.07) is 17.2. The molecule has 1 amide bonds. The summed E-state index contributed by atoms with van der Waals surface area (Å²) in [4.78, 5) is 13.5. The van der Waals surface area contributed by atoms with Crippen molar-refractivity contribution in [1.29, 1.82) is 0 Å². The van der Waals surface area contributed by atoms with E-state index in [1.807, 2.05) is 0 Å². The van der Waals surface area contributed by atoms with Gasteiger partial charge in [0, 0.05) is 12.0 Å². The molecule has 11 heteroatoms. The Morgan fingerprint density at radius 1 is 0.700 bits per heavy atom. The molecule has 4 rings (SSSR count). The van der Waals surface area contributed by atoms with Gasteiger partial charge in [-0.2, -0.15) is 26.3 Å². The number of carbonyl (C=O) groups excluding carboxylic acids is 1. The van der Waals surface area contributed by atoms with Crippen LogP contribution in [0.1, 0.15) is 38.2 Å². The third-order valence-electron chi connectivity index (χ3n) is 6.27. The highest BCUT2D eigenvalue weighted by atomic mass is 19.4. The van der Waals surface area contributed by atoms with Gasteiger partial charge in [-0.1, -0.05) is 60.1 Å². The Morgan fingerprint density at radius 3 is 2.00 bits per heavy atom. The van der Waals surface area contributed by atoms with Gasteiger partial charge < -0.3 is 5.32 Å². The molecule has 4 aromatic carbocycles.